The Labute approximate surface area is 116 Å². The molecule has 1 aromatic carbocycles. The van der Waals surface area contributed by atoms with E-state index in [1.807, 2.05) is 0 Å². The van der Waals surface area contributed by atoms with Crippen LogP contribution in [0.3, 0.4) is 0 Å². The Bertz CT molecular complexity index is 558. The molecule has 0 fully saturated rings. The van der Waals surface area contributed by atoms with Crippen molar-refractivity contribution in [3.63, 3.8) is 0 Å². The molecule has 0 bridgehead atoms. The van der Waals surface area contributed by atoms with Gasteiger partial charge in [0.05, 0.1) is 5.52 Å². The fraction of sp³-hybridized carbons (Fsp3) is 0.471. The van der Waals surface area contributed by atoms with E-state index in [4.69, 9.17) is 10.7 Å². The molecule has 1 aromatic heterocycles. The van der Waals surface area contributed by atoms with E-state index < -0.39 is 0 Å². The van der Waals surface area contributed by atoms with Gasteiger partial charge in [-0.2, -0.15) is 0 Å². The number of rotatable bonds is 5. The van der Waals surface area contributed by atoms with Gasteiger partial charge in [-0.3, -0.25) is 4.98 Å². The third kappa shape index (κ3) is 3.32. The summed E-state index contributed by atoms with van der Waals surface area (Å²) in [4.78, 5) is 4.77. The molecule has 2 rings (SSSR count). The second-order valence-electron chi connectivity index (χ2n) is 5.61. The molecule has 19 heavy (non-hydrogen) atoms. The highest BCUT2D eigenvalue weighted by Gasteiger charge is 2.06. The van der Waals surface area contributed by atoms with Crippen LogP contribution in [0.4, 0.5) is 0 Å². The molecule has 2 aromatic rings. The first-order valence-corrected chi connectivity index (χ1v) is 7.22. The first kappa shape index (κ1) is 14.0. The van der Waals surface area contributed by atoms with E-state index in [-0.39, 0.29) is 0 Å². The smallest absolute Gasteiger partial charge is 0.0708 e. The van der Waals surface area contributed by atoms with Crippen LogP contribution in [0.15, 0.2) is 24.3 Å². The molecule has 0 aliphatic rings. The van der Waals surface area contributed by atoms with Gasteiger partial charge in [-0.1, -0.05) is 19.9 Å². The molecule has 0 aliphatic carbocycles. The third-order valence-electron chi connectivity index (χ3n) is 3.65. The standard InChI is InChI=1S/C17H24N2/c1-12(2)14-7-8-17-16(11-14)13(3)10-15(19-17)6-4-5-9-18/h7-8,10-12H,4-6,9,18H2,1-3H3. The van der Waals surface area contributed by atoms with Gasteiger partial charge in [-0.15, -0.1) is 0 Å². The average Bonchev–Trinajstić information content (AvgIpc) is 2.38. The summed E-state index contributed by atoms with van der Waals surface area (Å²) in [5.74, 6) is 0.563. The molecule has 0 aliphatic heterocycles. The molecule has 0 saturated carbocycles. The van der Waals surface area contributed by atoms with Crippen LogP contribution >= 0.6 is 0 Å². The quantitative estimate of drug-likeness (QED) is 0.823. The molecule has 0 unspecified atom stereocenters. The van der Waals surface area contributed by atoms with Crippen molar-refractivity contribution in [3.8, 4) is 0 Å². The molecule has 0 radical (unpaired) electrons. The SMILES string of the molecule is Cc1cc(CCCCN)nc2ccc(C(C)C)cc12. The van der Waals surface area contributed by atoms with Gasteiger partial charge >= 0.3 is 0 Å². The Hall–Kier alpha value is -1.41. The highest BCUT2D eigenvalue weighted by Crippen LogP contribution is 2.23. The maximum Gasteiger partial charge on any atom is 0.0708 e. The van der Waals surface area contributed by atoms with Crippen LogP contribution in [-0.2, 0) is 6.42 Å². The minimum absolute atomic E-state index is 0.563. The number of hydrogen-bond acceptors (Lipinski definition) is 2. The summed E-state index contributed by atoms with van der Waals surface area (Å²) in [5, 5.41) is 1.29. The van der Waals surface area contributed by atoms with Crippen LogP contribution in [0.25, 0.3) is 10.9 Å². The number of fused-ring (bicyclic) bond motifs is 1. The van der Waals surface area contributed by atoms with Gasteiger partial charge in [0, 0.05) is 11.1 Å². The van der Waals surface area contributed by atoms with Crippen LogP contribution in [0, 0.1) is 6.92 Å². The van der Waals surface area contributed by atoms with E-state index in [1.54, 1.807) is 0 Å². The van der Waals surface area contributed by atoms with Crippen molar-refractivity contribution in [2.45, 2.75) is 46.0 Å². The van der Waals surface area contributed by atoms with Crippen LogP contribution in [0.2, 0.25) is 0 Å². The normalized spacial score (nSPS) is 11.4. The summed E-state index contributed by atoms with van der Waals surface area (Å²) in [6, 6.07) is 8.86. The van der Waals surface area contributed by atoms with E-state index in [9.17, 15) is 0 Å². The third-order valence-corrected chi connectivity index (χ3v) is 3.65. The molecule has 1 heterocycles. The monoisotopic (exact) mass is 256 g/mol. The van der Waals surface area contributed by atoms with E-state index in [2.05, 4.69) is 45.0 Å². The average molecular weight is 256 g/mol. The largest absolute Gasteiger partial charge is 0.330 e. The molecule has 0 amide bonds. The lowest BCUT2D eigenvalue weighted by atomic mass is 9.98. The molecule has 2 heteroatoms. The minimum atomic E-state index is 0.563. The lowest BCUT2D eigenvalue weighted by molar-refractivity contribution is 0.734. The predicted molar refractivity (Wildman–Crippen MR) is 82.6 cm³/mol. The second-order valence-corrected chi connectivity index (χ2v) is 5.61. The van der Waals surface area contributed by atoms with E-state index in [1.165, 1.54) is 22.2 Å². The molecule has 2 nitrogen and oxygen atoms in total. The number of nitrogens with zero attached hydrogens (tertiary/aromatic N) is 1. The Balaban J connectivity index is 2.33. The molecule has 0 atom stereocenters. The predicted octanol–water partition coefficient (Wildman–Crippen LogP) is 3.95. The molecule has 0 saturated heterocycles. The van der Waals surface area contributed by atoms with Gasteiger partial charge < -0.3 is 5.73 Å². The van der Waals surface area contributed by atoms with Gasteiger partial charge in [-0.05, 0) is 68.0 Å². The van der Waals surface area contributed by atoms with Gasteiger partial charge in [0.15, 0.2) is 0 Å². The summed E-state index contributed by atoms with van der Waals surface area (Å²) < 4.78 is 0. The summed E-state index contributed by atoms with van der Waals surface area (Å²) >= 11 is 0. The number of pyridine rings is 1. The Morgan fingerprint density at radius 2 is 1.95 bits per heavy atom. The maximum absolute atomic E-state index is 5.54. The van der Waals surface area contributed by atoms with Crippen LogP contribution in [-0.4, -0.2) is 11.5 Å². The molecular weight excluding hydrogens is 232 g/mol. The summed E-state index contributed by atoms with van der Waals surface area (Å²) in [7, 11) is 0. The van der Waals surface area contributed by atoms with E-state index in [0.29, 0.717) is 5.92 Å². The lowest BCUT2D eigenvalue weighted by Gasteiger charge is -2.10. The van der Waals surface area contributed by atoms with Crippen LogP contribution < -0.4 is 5.73 Å². The summed E-state index contributed by atoms with van der Waals surface area (Å²) in [5.41, 5.74) is 10.6. The van der Waals surface area contributed by atoms with E-state index in [0.717, 1.165) is 31.3 Å². The number of benzene rings is 1. The van der Waals surface area contributed by atoms with Crippen molar-refractivity contribution in [1.29, 1.82) is 0 Å². The summed E-state index contributed by atoms with van der Waals surface area (Å²) in [6.07, 6.45) is 3.23. The Kier molecular flexibility index (Phi) is 4.54. The fourth-order valence-electron chi connectivity index (χ4n) is 2.42. The zero-order valence-corrected chi connectivity index (χ0v) is 12.2. The van der Waals surface area contributed by atoms with Crippen molar-refractivity contribution < 1.29 is 0 Å². The Morgan fingerprint density at radius 1 is 1.16 bits per heavy atom. The summed E-state index contributed by atoms with van der Waals surface area (Å²) in [6.45, 7) is 7.40. The second kappa shape index (κ2) is 6.16. The van der Waals surface area contributed by atoms with Crippen LogP contribution in [0.5, 0.6) is 0 Å². The lowest BCUT2D eigenvalue weighted by Crippen LogP contribution is -2.00. The van der Waals surface area contributed by atoms with Gasteiger partial charge in [0.2, 0.25) is 0 Å². The van der Waals surface area contributed by atoms with Gasteiger partial charge in [0.25, 0.3) is 0 Å². The molecule has 0 spiro atoms. The molecule has 102 valence electrons. The zero-order chi connectivity index (χ0) is 13.8. The van der Waals surface area contributed by atoms with E-state index >= 15 is 0 Å². The topological polar surface area (TPSA) is 38.9 Å². The van der Waals surface area contributed by atoms with Gasteiger partial charge in [0.1, 0.15) is 0 Å². The van der Waals surface area contributed by atoms with Crippen molar-refractivity contribution in [2.75, 3.05) is 6.54 Å². The number of aromatic nitrogens is 1. The molecular formula is C17H24N2. The van der Waals surface area contributed by atoms with Gasteiger partial charge in [-0.25, -0.2) is 0 Å². The Morgan fingerprint density at radius 3 is 2.63 bits per heavy atom. The zero-order valence-electron chi connectivity index (χ0n) is 12.2. The minimum Gasteiger partial charge on any atom is -0.330 e. The van der Waals surface area contributed by atoms with Crippen molar-refractivity contribution >= 4 is 10.9 Å². The van der Waals surface area contributed by atoms with Crippen LogP contribution in [0.1, 0.15) is 49.4 Å². The van der Waals surface area contributed by atoms with Crippen molar-refractivity contribution in [3.05, 3.63) is 41.1 Å². The number of nitrogens with two attached hydrogens (primary N) is 1. The first-order chi connectivity index (χ1) is 9.11. The number of unbranched alkanes of at least 4 members (excludes halogenated alkanes) is 1. The van der Waals surface area contributed by atoms with Crippen molar-refractivity contribution in [2.24, 2.45) is 5.73 Å². The highest BCUT2D eigenvalue weighted by atomic mass is 14.7. The number of aryl methyl sites for hydroxylation is 2. The number of hydrogen-bond donors (Lipinski definition) is 1. The highest BCUT2D eigenvalue weighted by molar-refractivity contribution is 5.83. The first-order valence-electron chi connectivity index (χ1n) is 7.22. The van der Waals surface area contributed by atoms with Crippen molar-refractivity contribution in [1.82, 2.24) is 4.98 Å². The molecule has 2 N–H and O–H groups in total. The maximum atomic E-state index is 5.54. The fourth-order valence-corrected chi connectivity index (χ4v) is 2.42.